The van der Waals surface area contributed by atoms with Crippen molar-refractivity contribution in [3.05, 3.63) is 64.4 Å². The molecule has 0 spiro atoms. The van der Waals surface area contributed by atoms with Gasteiger partial charge in [-0.25, -0.2) is 4.68 Å². The maximum Gasteiger partial charge on any atom is 0.286 e. The van der Waals surface area contributed by atoms with Crippen LogP contribution in [0.25, 0.3) is 10.9 Å². The lowest BCUT2D eigenvalue weighted by Crippen LogP contribution is -2.42. The topological polar surface area (TPSA) is 113 Å². The molecule has 1 saturated carbocycles. The molecule has 8 nitrogen and oxygen atoms in total. The van der Waals surface area contributed by atoms with Crippen LogP contribution in [0.5, 0.6) is 5.75 Å². The van der Waals surface area contributed by atoms with Crippen molar-refractivity contribution in [2.45, 2.75) is 30.2 Å². The van der Waals surface area contributed by atoms with Crippen molar-refractivity contribution in [3.8, 4) is 5.75 Å². The van der Waals surface area contributed by atoms with Gasteiger partial charge in [0.2, 0.25) is 0 Å². The first-order chi connectivity index (χ1) is 14.0. The summed E-state index contributed by atoms with van der Waals surface area (Å²) < 4.78 is 30.4. The Labute approximate surface area is 166 Å². The first-order valence-corrected chi connectivity index (χ1v) is 10.7. The molecule has 3 aromatic rings. The van der Waals surface area contributed by atoms with E-state index in [0.717, 1.165) is 19.3 Å². The highest BCUT2D eigenvalue weighted by molar-refractivity contribution is 7.90. The number of amidine groups is 1. The number of anilines is 1. The van der Waals surface area contributed by atoms with Crippen LogP contribution in [0.4, 0.5) is 5.69 Å². The van der Waals surface area contributed by atoms with Gasteiger partial charge in [0.15, 0.2) is 5.84 Å². The molecular formula is C20H17N4O4S. The van der Waals surface area contributed by atoms with Crippen molar-refractivity contribution in [2.75, 3.05) is 10.7 Å². The highest BCUT2D eigenvalue weighted by atomic mass is 32.2. The number of hydrogen-bond acceptors (Lipinski definition) is 6. The molecule has 2 aliphatic rings. The van der Waals surface area contributed by atoms with Gasteiger partial charge in [-0.3, -0.25) is 4.79 Å². The van der Waals surface area contributed by atoms with E-state index in [0.29, 0.717) is 10.9 Å². The van der Waals surface area contributed by atoms with Crippen molar-refractivity contribution in [1.82, 2.24) is 4.68 Å². The van der Waals surface area contributed by atoms with E-state index in [1.165, 1.54) is 16.8 Å². The molecule has 147 valence electrons. The average Bonchev–Trinajstić information content (AvgIpc) is 2.66. The lowest BCUT2D eigenvalue weighted by Gasteiger charge is -2.29. The van der Waals surface area contributed by atoms with Crippen molar-refractivity contribution in [3.63, 3.8) is 0 Å². The first kappa shape index (κ1) is 17.7. The Morgan fingerprint density at radius 1 is 1.24 bits per heavy atom. The smallest absolute Gasteiger partial charge is 0.286 e. The van der Waals surface area contributed by atoms with Crippen LogP contribution in [0.1, 0.15) is 24.8 Å². The zero-order chi connectivity index (χ0) is 20.2. The van der Waals surface area contributed by atoms with E-state index in [-0.39, 0.29) is 33.8 Å². The molecular weight excluding hydrogens is 392 g/mol. The predicted octanol–water partition coefficient (Wildman–Crippen LogP) is 2.16. The van der Waals surface area contributed by atoms with Gasteiger partial charge in [-0.2, -0.15) is 8.42 Å². The Morgan fingerprint density at radius 3 is 2.79 bits per heavy atom. The average molecular weight is 409 g/mol. The van der Waals surface area contributed by atoms with Gasteiger partial charge in [-0.15, -0.1) is 4.40 Å². The van der Waals surface area contributed by atoms with Crippen molar-refractivity contribution in [1.29, 1.82) is 0 Å². The fourth-order valence-corrected chi connectivity index (χ4v) is 4.64. The van der Waals surface area contributed by atoms with Crippen LogP contribution in [0.15, 0.2) is 56.6 Å². The quantitative estimate of drug-likeness (QED) is 0.611. The highest BCUT2D eigenvalue weighted by Gasteiger charge is 2.30. The molecule has 1 aliphatic heterocycles. The number of nitrogens with one attached hydrogen (secondary N) is 2. The summed E-state index contributed by atoms with van der Waals surface area (Å²) in [5, 5.41) is 14.2. The number of aromatic hydroxyl groups is 1. The van der Waals surface area contributed by atoms with Crippen LogP contribution in [-0.4, -0.2) is 30.1 Å². The second kappa shape index (κ2) is 6.35. The van der Waals surface area contributed by atoms with Crippen LogP contribution in [-0.2, 0) is 10.0 Å². The normalized spacial score (nSPS) is 17.7. The molecule has 9 heteroatoms. The van der Waals surface area contributed by atoms with Gasteiger partial charge < -0.3 is 15.8 Å². The van der Waals surface area contributed by atoms with E-state index < -0.39 is 15.6 Å². The number of hydrogen-bond donors (Lipinski definition) is 3. The van der Waals surface area contributed by atoms with Crippen LogP contribution in [0.2, 0.25) is 0 Å². The molecule has 1 fully saturated rings. The number of rotatable bonds is 3. The van der Waals surface area contributed by atoms with E-state index in [9.17, 15) is 18.3 Å². The summed E-state index contributed by atoms with van der Waals surface area (Å²) in [6, 6.07) is 14.2. The minimum absolute atomic E-state index is 0.0306. The second-order valence-electron chi connectivity index (χ2n) is 7.10. The van der Waals surface area contributed by atoms with E-state index in [1.54, 1.807) is 30.3 Å². The number of fused-ring (bicyclic) bond motifs is 2. The predicted molar refractivity (Wildman–Crippen MR) is 109 cm³/mol. The van der Waals surface area contributed by atoms with Gasteiger partial charge in [-0.1, -0.05) is 18.2 Å². The van der Waals surface area contributed by atoms with E-state index in [2.05, 4.69) is 21.2 Å². The summed E-state index contributed by atoms with van der Waals surface area (Å²) >= 11 is 0. The zero-order valence-electron chi connectivity index (χ0n) is 15.2. The molecule has 0 bridgehead atoms. The van der Waals surface area contributed by atoms with Crippen molar-refractivity contribution in [2.24, 2.45) is 4.40 Å². The highest BCUT2D eigenvalue weighted by Crippen LogP contribution is 2.32. The minimum atomic E-state index is -4.04. The minimum Gasteiger partial charge on any atom is -0.506 e. The van der Waals surface area contributed by atoms with Crippen LogP contribution >= 0.6 is 0 Å². The monoisotopic (exact) mass is 409 g/mol. The fourth-order valence-electron chi connectivity index (χ4n) is 3.55. The fraction of sp³-hybridized carbons (Fsp3) is 0.200. The Balaban J connectivity index is 1.76. The number of aromatic nitrogens is 1. The van der Waals surface area contributed by atoms with Gasteiger partial charge in [0.25, 0.3) is 15.6 Å². The molecule has 0 unspecified atom stereocenters. The number of para-hydroxylation sites is 1. The summed E-state index contributed by atoms with van der Waals surface area (Å²) in [5.41, 5.74) is 3.22. The van der Waals surface area contributed by atoms with E-state index in [4.69, 9.17) is 0 Å². The van der Waals surface area contributed by atoms with Crippen molar-refractivity contribution < 1.29 is 13.5 Å². The Kier molecular flexibility index (Phi) is 3.88. The molecule has 5 rings (SSSR count). The summed E-state index contributed by atoms with van der Waals surface area (Å²) in [5.74, 6) is -0.522. The maximum absolute atomic E-state index is 13.3. The van der Waals surface area contributed by atoms with Gasteiger partial charge in [0.05, 0.1) is 11.2 Å². The molecule has 1 radical (unpaired) electrons. The molecule has 0 atom stereocenters. The Morgan fingerprint density at radius 2 is 2.03 bits per heavy atom. The largest absolute Gasteiger partial charge is 0.506 e. The third-order valence-corrected chi connectivity index (χ3v) is 6.59. The lowest BCUT2D eigenvalue weighted by molar-refractivity contribution is 0.414. The Hall–Kier alpha value is -3.33. The summed E-state index contributed by atoms with van der Waals surface area (Å²) in [6.45, 7) is 0. The molecule has 0 saturated heterocycles. The van der Waals surface area contributed by atoms with E-state index >= 15 is 0 Å². The number of benzene rings is 2. The molecule has 1 aliphatic carbocycles. The lowest BCUT2D eigenvalue weighted by atomic mass is 9.94. The second-order valence-corrected chi connectivity index (χ2v) is 8.67. The number of pyridine rings is 1. The van der Waals surface area contributed by atoms with Gasteiger partial charge >= 0.3 is 0 Å². The molecule has 2 heterocycles. The third kappa shape index (κ3) is 2.77. The number of sulfonamides is 1. The van der Waals surface area contributed by atoms with Crippen LogP contribution < -0.4 is 16.3 Å². The summed E-state index contributed by atoms with van der Waals surface area (Å²) in [6.07, 6.45) is 2.96. The number of nitrogens with zero attached hydrogens (tertiary/aromatic N) is 2. The van der Waals surface area contributed by atoms with Gasteiger partial charge in [-0.05, 0) is 49.6 Å². The Bertz CT molecular complexity index is 1340. The van der Waals surface area contributed by atoms with Crippen LogP contribution in [0, 0.1) is 6.07 Å². The maximum atomic E-state index is 13.3. The van der Waals surface area contributed by atoms with Gasteiger partial charge in [0.1, 0.15) is 16.2 Å². The molecule has 3 N–H and O–H groups in total. The third-order valence-electron chi connectivity index (χ3n) is 5.28. The molecule has 1 aromatic heterocycles. The van der Waals surface area contributed by atoms with Crippen LogP contribution in [0.3, 0.4) is 0 Å². The van der Waals surface area contributed by atoms with E-state index in [1.807, 2.05) is 0 Å². The molecule has 29 heavy (non-hydrogen) atoms. The molecule has 2 aromatic carbocycles. The first-order valence-electron chi connectivity index (χ1n) is 9.21. The standard InChI is InChI=1S/C20H17N4O4S/c25-18-13-8-1-3-10-15(13)24(22-12-6-5-7-12)20(26)17(18)19-21-14-9-2-4-11-16(14)29(27,28)23-19/h1-3,8-12,22,25H,5-7H2,(H,21,23). The van der Waals surface area contributed by atoms with Crippen molar-refractivity contribution >= 4 is 32.4 Å². The molecule has 0 amide bonds. The van der Waals surface area contributed by atoms with Gasteiger partial charge in [0, 0.05) is 11.4 Å². The zero-order valence-corrected chi connectivity index (χ0v) is 16.0. The summed E-state index contributed by atoms with van der Waals surface area (Å²) in [7, 11) is -4.04. The summed E-state index contributed by atoms with van der Waals surface area (Å²) in [4.78, 5) is 13.3. The SMILES string of the molecule is O=c1c(C2=NS(=O)(=O)c3c[c]ccc3N2)c(O)c2ccccc2n1NC1CCC1.